The number of nitrogens with zero attached hydrogens (tertiary/aromatic N) is 3. The van der Waals surface area contributed by atoms with Crippen LogP contribution in [0.3, 0.4) is 0 Å². The predicted molar refractivity (Wildman–Crippen MR) is 136 cm³/mol. The Morgan fingerprint density at radius 3 is 1.73 bits per heavy atom. The molecule has 1 aliphatic heterocycles. The van der Waals surface area contributed by atoms with Crippen LogP contribution in [0.5, 0.6) is 0 Å². The van der Waals surface area contributed by atoms with Gasteiger partial charge in [-0.25, -0.2) is 4.90 Å². The molecule has 0 spiro atoms. The molecular formula is C26H25ClN4O2. The van der Waals surface area contributed by atoms with Crippen LogP contribution in [0.4, 0.5) is 22.7 Å². The lowest BCUT2D eigenvalue weighted by atomic mass is 10.0. The molecule has 0 saturated carbocycles. The first-order chi connectivity index (χ1) is 15.8. The van der Waals surface area contributed by atoms with Crippen LogP contribution in [-0.4, -0.2) is 40.0 Å². The molecule has 3 aromatic carbocycles. The minimum Gasteiger partial charge on any atom is -0.378 e. The topological polar surface area (TPSA) is 55.9 Å². The van der Waals surface area contributed by atoms with Crippen molar-refractivity contribution in [2.24, 2.45) is 0 Å². The van der Waals surface area contributed by atoms with Crippen molar-refractivity contribution in [3.63, 3.8) is 0 Å². The second kappa shape index (κ2) is 9.00. The summed E-state index contributed by atoms with van der Waals surface area (Å²) in [6, 6.07) is 21.9. The van der Waals surface area contributed by atoms with Gasteiger partial charge in [0.2, 0.25) is 0 Å². The van der Waals surface area contributed by atoms with Crippen LogP contribution in [-0.2, 0) is 9.59 Å². The van der Waals surface area contributed by atoms with Gasteiger partial charge in [0.1, 0.15) is 5.70 Å². The number of amides is 2. The Hall–Kier alpha value is -3.77. The molecule has 0 fully saturated rings. The van der Waals surface area contributed by atoms with Crippen LogP contribution in [0.15, 0.2) is 78.5 Å². The van der Waals surface area contributed by atoms with Gasteiger partial charge >= 0.3 is 0 Å². The smallest absolute Gasteiger partial charge is 0.282 e. The summed E-state index contributed by atoms with van der Waals surface area (Å²) in [6.07, 6.45) is 0. The Kier molecular flexibility index (Phi) is 6.11. The molecule has 1 N–H and O–H groups in total. The number of benzene rings is 3. The number of carbonyl (C=O) groups is 2. The molecule has 4 rings (SSSR count). The highest BCUT2D eigenvalue weighted by Gasteiger charge is 2.40. The average molecular weight is 461 g/mol. The maximum absolute atomic E-state index is 13.5. The number of hydrogen-bond acceptors (Lipinski definition) is 5. The van der Waals surface area contributed by atoms with Gasteiger partial charge in [-0.3, -0.25) is 9.59 Å². The molecule has 3 aromatic rings. The molecule has 6 nitrogen and oxygen atoms in total. The first-order valence-electron chi connectivity index (χ1n) is 10.5. The predicted octanol–water partition coefficient (Wildman–Crippen LogP) is 4.87. The minimum atomic E-state index is -0.403. The first-order valence-corrected chi connectivity index (χ1v) is 10.8. The fraction of sp³-hybridized carbons (Fsp3) is 0.154. The van der Waals surface area contributed by atoms with Crippen molar-refractivity contribution in [2.75, 3.05) is 48.2 Å². The molecule has 7 heteroatoms. The van der Waals surface area contributed by atoms with E-state index in [0.29, 0.717) is 27.5 Å². The van der Waals surface area contributed by atoms with Crippen LogP contribution >= 0.6 is 11.6 Å². The molecule has 33 heavy (non-hydrogen) atoms. The fourth-order valence-electron chi connectivity index (χ4n) is 3.65. The molecule has 168 valence electrons. The zero-order valence-electron chi connectivity index (χ0n) is 19.0. The monoisotopic (exact) mass is 460 g/mol. The Balaban J connectivity index is 1.75. The van der Waals surface area contributed by atoms with Gasteiger partial charge in [-0.15, -0.1) is 0 Å². The third-order valence-electron chi connectivity index (χ3n) is 5.49. The van der Waals surface area contributed by atoms with Crippen molar-refractivity contribution in [2.45, 2.75) is 0 Å². The molecule has 0 radical (unpaired) electrons. The van der Waals surface area contributed by atoms with Gasteiger partial charge in [-0.05, 0) is 66.2 Å². The molecule has 0 bridgehead atoms. The van der Waals surface area contributed by atoms with E-state index < -0.39 is 5.91 Å². The van der Waals surface area contributed by atoms with Gasteiger partial charge in [-0.1, -0.05) is 23.7 Å². The van der Waals surface area contributed by atoms with Crippen LogP contribution in [0, 0.1) is 0 Å². The summed E-state index contributed by atoms with van der Waals surface area (Å²) < 4.78 is 0. The highest BCUT2D eigenvalue weighted by atomic mass is 35.5. The van der Waals surface area contributed by atoms with Crippen molar-refractivity contribution in [3.05, 3.63) is 89.1 Å². The van der Waals surface area contributed by atoms with Gasteiger partial charge in [0.05, 0.1) is 11.3 Å². The van der Waals surface area contributed by atoms with E-state index in [-0.39, 0.29) is 11.6 Å². The second-order valence-electron chi connectivity index (χ2n) is 8.18. The number of carbonyl (C=O) groups excluding carboxylic acids is 2. The summed E-state index contributed by atoms with van der Waals surface area (Å²) in [5, 5.41) is 3.74. The Morgan fingerprint density at radius 2 is 1.21 bits per heavy atom. The first kappa shape index (κ1) is 22.4. The lowest BCUT2D eigenvalue weighted by Crippen LogP contribution is -2.32. The van der Waals surface area contributed by atoms with Crippen molar-refractivity contribution in [1.82, 2.24) is 0 Å². The standard InChI is InChI=1S/C26H25ClN4O2/c1-29(2)20-11-9-19(10-12-20)28-24-23(17-5-7-18(27)8-6-17)25(32)31(26(24)33)22-15-13-21(14-16-22)30(3)4/h5-16,28H,1-4H3. The van der Waals surface area contributed by atoms with Crippen LogP contribution in [0.2, 0.25) is 5.02 Å². The van der Waals surface area contributed by atoms with Gasteiger partial charge in [0.25, 0.3) is 11.8 Å². The van der Waals surface area contributed by atoms with E-state index in [4.69, 9.17) is 11.6 Å². The molecule has 0 saturated heterocycles. The zero-order valence-corrected chi connectivity index (χ0v) is 19.7. The average Bonchev–Trinajstić information content (AvgIpc) is 3.04. The fourth-order valence-corrected chi connectivity index (χ4v) is 3.78. The number of imide groups is 1. The van der Waals surface area contributed by atoms with Crippen LogP contribution in [0.25, 0.3) is 5.57 Å². The van der Waals surface area contributed by atoms with E-state index in [9.17, 15) is 9.59 Å². The molecule has 0 aromatic heterocycles. The molecular weight excluding hydrogens is 436 g/mol. The molecule has 0 unspecified atom stereocenters. The summed E-state index contributed by atoms with van der Waals surface area (Å²) in [5.74, 6) is -0.786. The van der Waals surface area contributed by atoms with Crippen molar-refractivity contribution >= 4 is 51.7 Å². The van der Waals surface area contributed by atoms with E-state index in [1.807, 2.05) is 74.4 Å². The van der Waals surface area contributed by atoms with Gasteiger partial charge in [-0.2, -0.15) is 0 Å². The van der Waals surface area contributed by atoms with E-state index >= 15 is 0 Å². The summed E-state index contributed by atoms with van der Waals surface area (Å²) in [5.41, 5.74) is 4.40. The quantitative estimate of drug-likeness (QED) is 0.532. The number of halogens is 1. The van der Waals surface area contributed by atoms with Crippen LogP contribution in [0.1, 0.15) is 5.56 Å². The van der Waals surface area contributed by atoms with Crippen molar-refractivity contribution in [3.8, 4) is 0 Å². The number of anilines is 4. The Labute approximate surface area is 198 Å². The summed E-state index contributed by atoms with van der Waals surface area (Å²) in [6.45, 7) is 0. The van der Waals surface area contributed by atoms with Crippen LogP contribution < -0.4 is 20.0 Å². The number of nitrogens with one attached hydrogen (secondary N) is 1. The molecule has 0 atom stereocenters. The minimum absolute atomic E-state index is 0.233. The Morgan fingerprint density at radius 1 is 0.697 bits per heavy atom. The van der Waals surface area contributed by atoms with E-state index in [1.54, 1.807) is 36.4 Å². The zero-order chi connectivity index (χ0) is 23.7. The van der Waals surface area contributed by atoms with Crippen molar-refractivity contribution in [1.29, 1.82) is 0 Å². The van der Waals surface area contributed by atoms with Crippen molar-refractivity contribution < 1.29 is 9.59 Å². The largest absolute Gasteiger partial charge is 0.378 e. The van der Waals surface area contributed by atoms with Gasteiger partial charge in [0, 0.05) is 50.3 Å². The lowest BCUT2D eigenvalue weighted by molar-refractivity contribution is -0.120. The molecule has 1 aliphatic rings. The summed E-state index contributed by atoms with van der Waals surface area (Å²) >= 11 is 6.05. The normalized spacial score (nSPS) is 13.5. The molecule has 2 amide bonds. The summed E-state index contributed by atoms with van der Waals surface area (Å²) in [4.78, 5) is 32.2. The van der Waals surface area contributed by atoms with E-state index in [1.165, 1.54) is 4.90 Å². The summed E-state index contributed by atoms with van der Waals surface area (Å²) in [7, 11) is 7.79. The molecule has 0 aliphatic carbocycles. The van der Waals surface area contributed by atoms with E-state index in [0.717, 1.165) is 11.4 Å². The molecule has 1 heterocycles. The number of hydrogen-bond donors (Lipinski definition) is 1. The van der Waals surface area contributed by atoms with Gasteiger partial charge < -0.3 is 15.1 Å². The highest BCUT2D eigenvalue weighted by molar-refractivity contribution is 6.46. The van der Waals surface area contributed by atoms with Gasteiger partial charge in [0.15, 0.2) is 0 Å². The maximum Gasteiger partial charge on any atom is 0.282 e. The number of rotatable bonds is 6. The SMILES string of the molecule is CN(C)c1ccc(NC2=C(c3ccc(Cl)cc3)C(=O)N(c3ccc(N(C)C)cc3)C2=O)cc1. The van der Waals surface area contributed by atoms with E-state index in [2.05, 4.69) is 5.32 Å². The Bertz CT molecular complexity index is 1210. The maximum atomic E-state index is 13.5. The lowest BCUT2D eigenvalue weighted by Gasteiger charge is -2.18. The second-order valence-corrected chi connectivity index (χ2v) is 8.62. The third-order valence-corrected chi connectivity index (χ3v) is 5.75. The third kappa shape index (κ3) is 4.43. The highest BCUT2D eigenvalue weighted by Crippen LogP contribution is 2.35.